The Morgan fingerprint density at radius 1 is 1.17 bits per heavy atom. The minimum Gasteiger partial charge on any atom is -0.497 e. The number of aromatic nitrogens is 3. The van der Waals surface area contributed by atoms with Gasteiger partial charge in [0.05, 0.1) is 32.2 Å². The van der Waals surface area contributed by atoms with Crippen LogP contribution in [0, 0.1) is 0 Å². The fourth-order valence-corrected chi connectivity index (χ4v) is 3.21. The van der Waals surface area contributed by atoms with Crippen molar-refractivity contribution in [3.8, 4) is 11.5 Å². The van der Waals surface area contributed by atoms with Gasteiger partial charge in [-0.05, 0) is 17.7 Å². The lowest BCUT2D eigenvalue weighted by atomic mass is 10.0. The van der Waals surface area contributed by atoms with Crippen molar-refractivity contribution < 1.29 is 19.1 Å². The van der Waals surface area contributed by atoms with Gasteiger partial charge in [-0.15, -0.1) is 5.10 Å². The van der Waals surface area contributed by atoms with Crippen molar-refractivity contribution in [3.63, 3.8) is 0 Å². The highest BCUT2D eigenvalue weighted by Gasteiger charge is 2.29. The van der Waals surface area contributed by atoms with Crippen molar-refractivity contribution in [2.75, 3.05) is 24.9 Å². The summed E-state index contributed by atoms with van der Waals surface area (Å²) in [7, 11) is 3.00. The third kappa shape index (κ3) is 3.62. The van der Waals surface area contributed by atoms with E-state index in [1.807, 2.05) is 30.3 Å². The molecular formula is C20H19N5O4. The molecule has 9 nitrogen and oxygen atoms in total. The molecule has 1 aromatic heterocycles. The molecule has 3 aromatic rings. The molecule has 0 saturated heterocycles. The zero-order valence-electron chi connectivity index (χ0n) is 15.9. The highest BCUT2D eigenvalue weighted by molar-refractivity contribution is 6.05. The standard InChI is InChI=1S/C20H19N5O4/c1-28-13-8-9-14(16(10-13)29-2)18(27)22-19-23-20-21-17(26)11-15(25(20)24-19)12-6-4-3-5-7-12/h3-10,15H,11H2,1-2H3,(H2,21,22,23,24,26,27)/t15-/m1/s1. The van der Waals surface area contributed by atoms with Crippen LogP contribution in [0.15, 0.2) is 48.5 Å². The lowest BCUT2D eigenvalue weighted by Gasteiger charge is -2.23. The first-order valence-electron chi connectivity index (χ1n) is 8.93. The molecule has 0 unspecified atom stereocenters. The summed E-state index contributed by atoms with van der Waals surface area (Å²) in [5.74, 6) is 0.713. The van der Waals surface area contributed by atoms with Gasteiger partial charge in [0.15, 0.2) is 0 Å². The third-order valence-electron chi connectivity index (χ3n) is 4.62. The Bertz CT molecular complexity index is 1060. The summed E-state index contributed by atoms with van der Waals surface area (Å²) in [5, 5.41) is 9.74. The van der Waals surface area contributed by atoms with E-state index in [0.29, 0.717) is 17.1 Å². The molecule has 1 aliphatic heterocycles. The molecule has 2 amide bonds. The second-order valence-electron chi connectivity index (χ2n) is 6.40. The smallest absolute Gasteiger partial charge is 0.261 e. The number of anilines is 2. The largest absolute Gasteiger partial charge is 0.497 e. The minimum atomic E-state index is -0.435. The first-order chi connectivity index (χ1) is 14.1. The number of carbonyl (C=O) groups is 2. The van der Waals surface area contributed by atoms with Crippen LogP contribution in [0.2, 0.25) is 0 Å². The Kier molecular flexibility index (Phi) is 4.86. The highest BCUT2D eigenvalue weighted by atomic mass is 16.5. The average molecular weight is 393 g/mol. The number of ether oxygens (including phenoxy) is 2. The van der Waals surface area contributed by atoms with E-state index in [1.54, 1.807) is 22.9 Å². The number of benzene rings is 2. The van der Waals surface area contributed by atoms with Gasteiger partial charge in [0.25, 0.3) is 11.9 Å². The van der Waals surface area contributed by atoms with E-state index in [9.17, 15) is 9.59 Å². The van der Waals surface area contributed by atoms with E-state index in [4.69, 9.17) is 9.47 Å². The summed E-state index contributed by atoms with van der Waals surface area (Å²) >= 11 is 0. The van der Waals surface area contributed by atoms with E-state index >= 15 is 0 Å². The summed E-state index contributed by atoms with van der Waals surface area (Å²) in [6.07, 6.45) is 0.236. The van der Waals surface area contributed by atoms with Crippen molar-refractivity contribution in [1.29, 1.82) is 0 Å². The molecule has 1 atom stereocenters. The number of hydrogen-bond donors (Lipinski definition) is 2. The SMILES string of the molecule is COc1ccc(C(=O)Nc2nc3n(n2)[C@@H](c2ccccc2)CC(=O)N3)c(OC)c1. The monoisotopic (exact) mass is 393 g/mol. The van der Waals surface area contributed by atoms with E-state index in [-0.39, 0.29) is 30.3 Å². The van der Waals surface area contributed by atoms with Crippen molar-refractivity contribution in [2.45, 2.75) is 12.5 Å². The van der Waals surface area contributed by atoms with Gasteiger partial charge in [-0.1, -0.05) is 30.3 Å². The van der Waals surface area contributed by atoms with Crippen LogP contribution in [-0.2, 0) is 4.79 Å². The summed E-state index contributed by atoms with van der Waals surface area (Å²) in [5.41, 5.74) is 1.24. The molecule has 2 aromatic carbocycles. The molecular weight excluding hydrogens is 374 g/mol. The van der Waals surface area contributed by atoms with Crippen molar-refractivity contribution >= 4 is 23.7 Å². The second-order valence-corrected chi connectivity index (χ2v) is 6.40. The fourth-order valence-electron chi connectivity index (χ4n) is 3.21. The number of rotatable bonds is 5. The van der Waals surface area contributed by atoms with E-state index in [1.165, 1.54) is 14.2 Å². The summed E-state index contributed by atoms with van der Waals surface area (Å²) in [6.45, 7) is 0. The van der Waals surface area contributed by atoms with Crippen LogP contribution in [0.4, 0.5) is 11.9 Å². The molecule has 29 heavy (non-hydrogen) atoms. The van der Waals surface area contributed by atoms with Gasteiger partial charge >= 0.3 is 0 Å². The quantitative estimate of drug-likeness (QED) is 0.690. The van der Waals surface area contributed by atoms with Crippen molar-refractivity contribution in [3.05, 3.63) is 59.7 Å². The topological polar surface area (TPSA) is 107 Å². The maximum absolute atomic E-state index is 12.7. The molecule has 9 heteroatoms. The molecule has 0 radical (unpaired) electrons. The molecule has 2 heterocycles. The first-order valence-corrected chi connectivity index (χ1v) is 8.93. The maximum Gasteiger partial charge on any atom is 0.261 e. The third-order valence-corrected chi connectivity index (χ3v) is 4.62. The van der Waals surface area contributed by atoms with Gasteiger partial charge in [0.1, 0.15) is 11.5 Å². The lowest BCUT2D eigenvalue weighted by molar-refractivity contribution is -0.117. The number of amides is 2. The van der Waals surface area contributed by atoms with Crippen LogP contribution in [0.5, 0.6) is 11.5 Å². The van der Waals surface area contributed by atoms with Gasteiger partial charge in [-0.3, -0.25) is 20.2 Å². The van der Waals surface area contributed by atoms with Gasteiger partial charge in [0.2, 0.25) is 11.9 Å². The molecule has 0 aliphatic carbocycles. The van der Waals surface area contributed by atoms with E-state index in [0.717, 1.165) is 5.56 Å². The minimum absolute atomic E-state index is 0.0889. The number of nitrogens with one attached hydrogen (secondary N) is 2. The zero-order valence-corrected chi connectivity index (χ0v) is 15.9. The molecule has 0 saturated carbocycles. The molecule has 2 N–H and O–H groups in total. The Morgan fingerprint density at radius 2 is 1.97 bits per heavy atom. The summed E-state index contributed by atoms with van der Waals surface area (Å²) in [6, 6.07) is 14.1. The summed E-state index contributed by atoms with van der Waals surface area (Å²) < 4.78 is 12.0. The average Bonchev–Trinajstić information content (AvgIpc) is 3.15. The number of nitrogens with zero attached hydrogens (tertiary/aromatic N) is 3. The van der Waals surface area contributed by atoms with Gasteiger partial charge < -0.3 is 9.47 Å². The Morgan fingerprint density at radius 3 is 2.69 bits per heavy atom. The normalized spacial score (nSPS) is 15.2. The molecule has 0 spiro atoms. The lowest BCUT2D eigenvalue weighted by Crippen LogP contribution is -2.29. The van der Waals surface area contributed by atoms with Crippen LogP contribution in [0.3, 0.4) is 0 Å². The van der Waals surface area contributed by atoms with Crippen LogP contribution < -0.4 is 20.1 Å². The van der Waals surface area contributed by atoms with Gasteiger partial charge in [0, 0.05) is 6.07 Å². The number of carbonyl (C=O) groups excluding carboxylic acids is 2. The molecule has 148 valence electrons. The number of methoxy groups -OCH3 is 2. The van der Waals surface area contributed by atoms with Gasteiger partial charge in [-0.2, -0.15) is 4.98 Å². The van der Waals surface area contributed by atoms with Crippen molar-refractivity contribution in [1.82, 2.24) is 14.8 Å². The second kappa shape index (κ2) is 7.63. The Labute approximate surface area is 166 Å². The predicted octanol–water partition coefficient (Wildman–Crippen LogP) is 2.48. The molecule has 4 rings (SSSR count). The molecule has 0 bridgehead atoms. The number of fused-ring (bicyclic) bond motifs is 1. The molecule has 1 aliphatic rings. The van der Waals surface area contributed by atoms with Crippen molar-refractivity contribution in [2.24, 2.45) is 0 Å². The number of hydrogen-bond acceptors (Lipinski definition) is 6. The van der Waals surface area contributed by atoms with Crippen LogP contribution in [-0.4, -0.2) is 40.8 Å². The maximum atomic E-state index is 12.7. The Balaban J connectivity index is 1.62. The van der Waals surface area contributed by atoms with Crippen LogP contribution in [0.25, 0.3) is 0 Å². The van der Waals surface area contributed by atoms with Crippen LogP contribution >= 0.6 is 0 Å². The molecule has 0 fully saturated rings. The highest BCUT2D eigenvalue weighted by Crippen LogP contribution is 2.30. The zero-order chi connectivity index (χ0) is 20.4. The summed E-state index contributed by atoms with van der Waals surface area (Å²) in [4.78, 5) is 29.1. The van der Waals surface area contributed by atoms with Gasteiger partial charge in [-0.25, -0.2) is 4.68 Å². The van der Waals surface area contributed by atoms with E-state index in [2.05, 4.69) is 20.7 Å². The van der Waals surface area contributed by atoms with E-state index < -0.39 is 5.91 Å². The predicted molar refractivity (Wildman–Crippen MR) is 105 cm³/mol. The fraction of sp³-hybridized carbons (Fsp3) is 0.200. The first kappa shape index (κ1) is 18.5. The Hall–Kier alpha value is -3.88. The van der Waals surface area contributed by atoms with Crippen LogP contribution in [0.1, 0.15) is 28.4 Å².